The van der Waals surface area contributed by atoms with Crippen molar-refractivity contribution in [2.45, 2.75) is 17.1 Å². The Bertz CT molecular complexity index is 103. The molecule has 5 heteroatoms. The van der Waals surface area contributed by atoms with E-state index in [4.69, 9.17) is 10.5 Å². The highest BCUT2D eigenvalue weighted by atomic mass is 127. The van der Waals surface area contributed by atoms with Crippen molar-refractivity contribution in [2.24, 2.45) is 5.73 Å². The Balaban J connectivity index is 3.08. The van der Waals surface area contributed by atoms with Gasteiger partial charge in [-0.3, -0.25) is 0 Å². The van der Waals surface area contributed by atoms with Crippen molar-refractivity contribution in [1.82, 2.24) is 5.32 Å². The Kier molecular flexibility index (Phi) is 8.57. The van der Waals surface area contributed by atoms with Gasteiger partial charge < -0.3 is 20.9 Å². The second-order valence-corrected chi connectivity index (χ2v) is 4.44. The summed E-state index contributed by atoms with van der Waals surface area (Å²) in [5.41, 5.74) is 5.26. The zero-order chi connectivity index (χ0) is 9.40. The molecule has 0 amide bonds. The van der Waals surface area contributed by atoms with Crippen LogP contribution in [0, 0.1) is 0 Å². The van der Waals surface area contributed by atoms with E-state index in [0.29, 0.717) is 13.2 Å². The molecule has 0 saturated carbocycles. The van der Waals surface area contributed by atoms with E-state index >= 15 is 0 Å². The molecular formula is C7H17IN2O2. The van der Waals surface area contributed by atoms with Crippen LogP contribution in [0.1, 0.15) is 6.92 Å². The number of hydrogen-bond donors (Lipinski definition) is 3. The van der Waals surface area contributed by atoms with Crippen LogP contribution in [0.2, 0.25) is 0 Å². The summed E-state index contributed by atoms with van der Waals surface area (Å²) in [6, 6.07) is 0. The third kappa shape index (κ3) is 7.23. The molecule has 0 radical (unpaired) electrons. The maximum atomic E-state index is 9.20. The Morgan fingerprint density at radius 2 is 2.25 bits per heavy atom. The number of aliphatic hydroxyl groups excluding tert-OH is 1. The lowest BCUT2D eigenvalue weighted by molar-refractivity contribution is -0.0917. The van der Waals surface area contributed by atoms with Crippen LogP contribution in [0.4, 0.5) is 0 Å². The van der Waals surface area contributed by atoms with Gasteiger partial charge in [0.2, 0.25) is 0 Å². The maximum absolute atomic E-state index is 9.20. The summed E-state index contributed by atoms with van der Waals surface area (Å²) in [5.74, 6) is 0. The number of nitrogens with two attached hydrogens (primary N) is 1. The normalized spacial score (nSPS) is 16.0. The monoisotopic (exact) mass is 288 g/mol. The highest BCUT2D eigenvalue weighted by Crippen LogP contribution is 2.05. The summed E-state index contributed by atoms with van der Waals surface area (Å²) in [4.78, 5) is 0. The Morgan fingerprint density at radius 3 is 2.75 bits per heavy atom. The molecule has 0 saturated heterocycles. The van der Waals surface area contributed by atoms with Crippen LogP contribution in [-0.4, -0.2) is 41.6 Å². The molecular weight excluding hydrogens is 271 g/mol. The lowest BCUT2D eigenvalue weighted by Crippen LogP contribution is -2.29. The molecule has 0 rings (SSSR count). The fourth-order valence-electron chi connectivity index (χ4n) is 0.611. The molecule has 0 aliphatic heterocycles. The van der Waals surface area contributed by atoms with Gasteiger partial charge in [-0.15, -0.1) is 0 Å². The van der Waals surface area contributed by atoms with Crippen LogP contribution in [0.5, 0.6) is 0 Å². The van der Waals surface area contributed by atoms with E-state index in [1.807, 2.05) is 6.92 Å². The van der Waals surface area contributed by atoms with Crippen LogP contribution < -0.4 is 11.1 Å². The first-order valence-corrected chi connectivity index (χ1v) is 5.27. The number of ether oxygens (including phenoxy) is 1. The van der Waals surface area contributed by atoms with Crippen molar-refractivity contribution >= 4 is 22.6 Å². The van der Waals surface area contributed by atoms with Gasteiger partial charge in [0.1, 0.15) is 0 Å². The van der Waals surface area contributed by atoms with Crippen LogP contribution in [0.25, 0.3) is 0 Å². The van der Waals surface area contributed by atoms with Crippen molar-refractivity contribution in [3.8, 4) is 0 Å². The first kappa shape index (κ1) is 12.6. The molecule has 2 unspecified atom stereocenters. The van der Waals surface area contributed by atoms with E-state index in [0.717, 1.165) is 13.1 Å². The van der Waals surface area contributed by atoms with Crippen molar-refractivity contribution in [2.75, 3.05) is 26.2 Å². The van der Waals surface area contributed by atoms with Crippen molar-refractivity contribution in [1.29, 1.82) is 0 Å². The highest BCUT2D eigenvalue weighted by Gasteiger charge is 2.09. The SMILES string of the molecule is CC(I)C(O)OCCNCCN. The minimum Gasteiger partial charge on any atom is -0.367 e. The predicted molar refractivity (Wildman–Crippen MR) is 57.4 cm³/mol. The maximum Gasteiger partial charge on any atom is 0.166 e. The van der Waals surface area contributed by atoms with Crippen LogP contribution in [0.15, 0.2) is 0 Å². The van der Waals surface area contributed by atoms with Gasteiger partial charge >= 0.3 is 0 Å². The Hall–Kier alpha value is 0.570. The molecule has 0 aromatic heterocycles. The summed E-state index contributed by atoms with van der Waals surface area (Å²) in [5, 5.41) is 12.3. The molecule has 4 N–H and O–H groups in total. The van der Waals surface area contributed by atoms with Crippen LogP contribution in [0.3, 0.4) is 0 Å². The largest absolute Gasteiger partial charge is 0.367 e. The Labute approximate surface area is 87.0 Å². The first-order valence-electron chi connectivity index (χ1n) is 4.03. The summed E-state index contributed by atoms with van der Waals surface area (Å²) in [6.45, 7) is 4.58. The number of rotatable bonds is 7. The van der Waals surface area contributed by atoms with Gasteiger partial charge in [0.25, 0.3) is 0 Å². The minimum absolute atomic E-state index is 0.122. The van der Waals surface area contributed by atoms with E-state index in [-0.39, 0.29) is 3.92 Å². The number of alkyl halides is 1. The lowest BCUT2D eigenvalue weighted by atomic mass is 10.5. The van der Waals surface area contributed by atoms with Gasteiger partial charge in [-0.2, -0.15) is 0 Å². The number of hydrogen-bond acceptors (Lipinski definition) is 4. The molecule has 4 nitrogen and oxygen atoms in total. The molecule has 2 atom stereocenters. The second-order valence-electron chi connectivity index (χ2n) is 2.48. The number of nitrogens with one attached hydrogen (secondary N) is 1. The summed E-state index contributed by atoms with van der Waals surface area (Å²) in [7, 11) is 0. The molecule has 0 aromatic carbocycles. The van der Waals surface area contributed by atoms with Crippen LogP contribution in [-0.2, 0) is 4.74 Å². The van der Waals surface area contributed by atoms with Gasteiger partial charge in [0, 0.05) is 19.6 Å². The van der Waals surface area contributed by atoms with Gasteiger partial charge in [0.05, 0.1) is 10.5 Å². The molecule has 0 aromatic rings. The van der Waals surface area contributed by atoms with Gasteiger partial charge in [-0.1, -0.05) is 22.6 Å². The smallest absolute Gasteiger partial charge is 0.166 e. The molecule has 0 spiro atoms. The van der Waals surface area contributed by atoms with Crippen molar-refractivity contribution in [3.05, 3.63) is 0 Å². The third-order valence-electron chi connectivity index (χ3n) is 1.28. The van der Waals surface area contributed by atoms with E-state index < -0.39 is 6.29 Å². The third-order valence-corrected chi connectivity index (χ3v) is 1.90. The standard InChI is InChI=1S/C7H17IN2O2/c1-6(8)7(11)12-5-4-10-3-2-9/h6-7,10-11H,2-5,9H2,1H3. The average Bonchev–Trinajstić information content (AvgIpc) is 2.03. The zero-order valence-corrected chi connectivity index (χ0v) is 9.45. The molecule has 12 heavy (non-hydrogen) atoms. The van der Waals surface area contributed by atoms with E-state index in [9.17, 15) is 5.11 Å². The fourth-order valence-corrected chi connectivity index (χ4v) is 0.819. The van der Waals surface area contributed by atoms with E-state index in [1.54, 1.807) is 0 Å². The van der Waals surface area contributed by atoms with Crippen molar-refractivity contribution in [3.63, 3.8) is 0 Å². The summed E-state index contributed by atoms with van der Waals surface area (Å²) < 4.78 is 5.22. The van der Waals surface area contributed by atoms with Gasteiger partial charge in [-0.25, -0.2) is 0 Å². The summed E-state index contributed by atoms with van der Waals surface area (Å²) >= 11 is 2.12. The predicted octanol–water partition coefficient (Wildman–Crippen LogP) is -0.307. The molecule has 0 fully saturated rings. The molecule has 0 heterocycles. The first-order chi connectivity index (χ1) is 5.68. The zero-order valence-electron chi connectivity index (χ0n) is 7.29. The van der Waals surface area contributed by atoms with E-state index in [1.165, 1.54) is 0 Å². The number of aliphatic hydroxyl groups is 1. The minimum atomic E-state index is -0.662. The highest BCUT2D eigenvalue weighted by molar-refractivity contribution is 14.1. The quantitative estimate of drug-likeness (QED) is 0.260. The topological polar surface area (TPSA) is 67.5 Å². The van der Waals surface area contributed by atoms with Crippen LogP contribution >= 0.6 is 22.6 Å². The molecule has 0 aliphatic rings. The summed E-state index contributed by atoms with van der Waals surface area (Å²) in [6.07, 6.45) is -0.662. The second kappa shape index (κ2) is 8.18. The van der Waals surface area contributed by atoms with Gasteiger partial charge in [0.15, 0.2) is 6.29 Å². The van der Waals surface area contributed by atoms with Crippen molar-refractivity contribution < 1.29 is 9.84 Å². The molecule has 0 aliphatic carbocycles. The average molecular weight is 288 g/mol. The Morgan fingerprint density at radius 1 is 1.58 bits per heavy atom. The fraction of sp³-hybridized carbons (Fsp3) is 1.00. The molecule has 74 valence electrons. The lowest BCUT2D eigenvalue weighted by Gasteiger charge is -2.13. The van der Waals surface area contributed by atoms with Gasteiger partial charge in [-0.05, 0) is 6.92 Å². The van der Waals surface area contributed by atoms with E-state index in [2.05, 4.69) is 27.9 Å². The number of halogens is 1. The molecule has 0 bridgehead atoms.